The summed E-state index contributed by atoms with van der Waals surface area (Å²) in [5.41, 5.74) is 6.32. The van der Waals surface area contributed by atoms with Gasteiger partial charge in [-0.3, -0.25) is 9.97 Å². The van der Waals surface area contributed by atoms with Crippen LogP contribution in [0.4, 0.5) is 5.69 Å². The summed E-state index contributed by atoms with van der Waals surface area (Å²) in [6.07, 6.45) is 5.55. The summed E-state index contributed by atoms with van der Waals surface area (Å²) in [5.74, 6) is 0. The Kier molecular flexibility index (Phi) is 2.82. The molecule has 2 aromatic heterocycles. The van der Waals surface area contributed by atoms with E-state index in [-0.39, 0.29) is 0 Å². The summed E-state index contributed by atoms with van der Waals surface area (Å²) in [5, 5.41) is 4.44. The Labute approximate surface area is 128 Å². The average Bonchev–Trinajstić information content (AvgIpc) is 2.94. The van der Waals surface area contributed by atoms with Crippen LogP contribution in [-0.2, 0) is 7.05 Å². The second-order valence-electron chi connectivity index (χ2n) is 5.40. The highest BCUT2D eigenvalue weighted by Crippen LogP contribution is 2.31. The largest absolute Gasteiger partial charge is 0.388 e. The Balaban J connectivity index is 2.03. The van der Waals surface area contributed by atoms with Crippen LogP contribution in [0.3, 0.4) is 0 Å². The first kappa shape index (κ1) is 12.8. The van der Waals surface area contributed by atoms with Crippen LogP contribution in [0.2, 0.25) is 0 Å². The number of fused-ring (bicyclic) bond motifs is 2. The van der Waals surface area contributed by atoms with Gasteiger partial charge in [-0.25, -0.2) is 0 Å². The van der Waals surface area contributed by atoms with E-state index in [0.717, 1.165) is 27.8 Å². The Morgan fingerprint density at radius 1 is 1.00 bits per heavy atom. The van der Waals surface area contributed by atoms with Crippen molar-refractivity contribution in [3.63, 3.8) is 0 Å². The van der Waals surface area contributed by atoms with Gasteiger partial charge in [0.1, 0.15) is 0 Å². The molecule has 4 aromatic rings. The summed E-state index contributed by atoms with van der Waals surface area (Å²) in [6, 6.07) is 12.8. The van der Waals surface area contributed by atoms with E-state index in [2.05, 4.69) is 63.4 Å². The molecule has 2 heterocycles. The number of hydrogen-bond donors (Lipinski definition) is 1. The second-order valence-corrected chi connectivity index (χ2v) is 5.40. The van der Waals surface area contributed by atoms with E-state index in [1.807, 2.05) is 13.1 Å². The Hall–Kier alpha value is -2.88. The maximum absolute atomic E-state index is 4.53. The van der Waals surface area contributed by atoms with Gasteiger partial charge in [-0.1, -0.05) is 12.1 Å². The smallest absolute Gasteiger partial charge is 0.0966 e. The SMILES string of the molecule is CNc1cc(-c2ccc3ccn(C)c3c2)c2nccnc2c1. The van der Waals surface area contributed by atoms with Gasteiger partial charge in [0.05, 0.1) is 11.0 Å². The van der Waals surface area contributed by atoms with Crippen molar-refractivity contribution in [2.45, 2.75) is 0 Å². The van der Waals surface area contributed by atoms with E-state index in [9.17, 15) is 0 Å². The van der Waals surface area contributed by atoms with Gasteiger partial charge in [-0.15, -0.1) is 0 Å². The molecule has 0 aliphatic carbocycles. The van der Waals surface area contributed by atoms with E-state index in [0.29, 0.717) is 0 Å². The molecule has 0 aliphatic heterocycles. The fraction of sp³-hybridized carbons (Fsp3) is 0.111. The standard InChI is InChI=1S/C18H16N4/c1-19-14-10-15(18-16(11-14)20-6-7-21-18)13-4-3-12-5-8-22(2)17(12)9-13/h3-11,19H,1-2H3. The molecule has 1 N–H and O–H groups in total. The van der Waals surface area contributed by atoms with Crippen molar-refractivity contribution >= 4 is 27.6 Å². The molecular weight excluding hydrogens is 272 g/mol. The summed E-state index contributed by atoms with van der Waals surface area (Å²) in [7, 11) is 3.98. The highest BCUT2D eigenvalue weighted by Gasteiger charge is 2.09. The maximum Gasteiger partial charge on any atom is 0.0966 e. The van der Waals surface area contributed by atoms with Gasteiger partial charge in [0.15, 0.2) is 0 Å². The summed E-state index contributed by atoms with van der Waals surface area (Å²) < 4.78 is 2.13. The lowest BCUT2D eigenvalue weighted by molar-refractivity contribution is 0.969. The zero-order valence-corrected chi connectivity index (χ0v) is 12.5. The molecular formula is C18H16N4. The van der Waals surface area contributed by atoms with Crippen LogP contribution < -0.4 is 5.32 Å². The molecule has 0 radical (unpaired) electrons. The zero-order chi connectivity index (χ0) is 15.1. The van der Waals surface area contributed by atoms with Crippen molar-refractivity contribution in [1.82, 2.24) is 14.5 Å². The molecule has 22 heavy (non-hydrogen) atoms. The minimum absolute atomic E-state index is 0.899. The van der Waals surface area contributed by atoms with Crippen molar-refractivity contribution in [1.29, 1.82) is 0 Å². The third-order valence-electron chi connectivity index (χ3n) is 4.06. The van der Waals surface area contributed by atoms with Gasteiger partial charge >= 0.3 is 0 Å². The maximum atomic E-state index is 4.53. The van der Waals surface area contributed by atoms with E-state index < -0.39 is 0 Å². The quantitative estimate of drug-likeness (QED) is 0.609. The molecule has 0 bridgehead atoms. The zero-order valence-electron chi connectivity index (χ0n) is 12.5. The predicted octanol–water partition coefficient (Wildman–Crippen LogP) is 3.83. The van der Waals surface area contributed by atoms with Crippen molar-refractivity contribution in [3.05, 3.63) is 55.0 Å². The fourth-order valence-corrected chi connectivity index (χ4v) is 2.87. The van der Waals surface area contributed by atoms with Crippen LogP contribution in [0.25, 0.3) is 33.1 Å². The van der Waals surface area contributed by atoms with Crippen LogP contribution in [0.1, 0.15) is 0 Å². The van der Waals surface area contributed by atoms with Gasteiger partial charge in [-0.2, -0.15) is 0 Å². The number of anilines is 1. The number of rotatable bonds is 2. The Morgan fingerprint density at radius 2 is 1.86 bits per heavy atom. The third-order valence-corrected chi connectivity index (χ3v) is 4.06. The molecule has 4 heteroatoms. The number of nitrogens with zero attached hydrogens (tertiary/aromatic N) is 3. The highest BCUT2D eigenvalue weighted by atomic mass is 14.9. The number of aromatic nitrogens is 3. The molecule has 0 fully saturated rings. The first-order chi connectivity index (χ1) is 10.8. The van der Waals surface area contributed by atoms with E-state index in [1.54, 1.807) is 12.4 Å². The van der Waals surface area contributed by atoms with Crippen LogP contribution in [-0.4, -0.2) is 21.6 Å². The molecule has 0 saturated heterocycles. The monoisotopic (exact) mass is 288 g/mol. The van der Waals surface area contributed by atoms with Crippen LogP contribution in [0.15, 0.2) is 55.0 Å². The first-order valence-electron chi connectivity index (χ1n) is 7.24. The highest BCUT2D eigenvalue weighted by molar-refractivity contribution is 5.96. The fourth-order valence-electron chi connectivity index (χ4n) is 2.87. The lowest BCUT2D eigenvalue weighted by Crippen LogP contribution is -1.93. The number of hydrogen-bond acceptors (Lipinski definition) is 3. The summed E-state index contributed by atoms with van der Waals surface area (Å²) in [4.78, 5) is 8.96. The van der Waals surface area contributed by atoms with Crippen molar-refractivity contribution in [3.8, 4) is 11.1 Å². The lowest BCUT2D eigenvalue weighted by atomic mass is 10.0. The Bertz CT molecular complexity index is 985. The van der Waals surface area contributed by atoms with Crippen LogP contribution in [0.5, 0.6) is 0 Å². The molecule has 2 aromatic carbocycles. The van der Waals surface area contributed by atoms with Crippen LogP contribution >= 0.6 is 0 Å². The molecule has 4 rings (SSSR count). The third kappa shape index (κ3) is 1.92. The minimum atomic E-state index is 0.899. The summed E-state index contributed by atoms with van der Waals surface area (Å²) >= 11 is 0. The van der Waals surface area contributed by atoms with Crippen molar-refractivity contribution < 1.29 is 0 Å². The van der Waals surface area contributed by atoms with Gasteiger partial charge in [-0.05, 0) is 35.2 Å². The number of nitrogens with one attached hydrogen (secondary N) is 1. The van der Waals surface area contributed by atoms with Gasteiger partial charge < -0.3 is 9.88 Å². The Morgan fingerprint density at radius 3 is 2.73 bits per heavy atom. The first-order valence-corrected chi connectivity index (χ1v) is 7.24. The molecule has 0 amide bonds. The topological polar surface area (TPSA) is 42.7 Å². The minimum Gasteiger partial charge on any atom is -0.388 e. The predicted molar refractivity (Wildman–Crippen MR) is 91.0 cm³/mol. The van der Waals surface area contributed by atoms with Crippen molar-refractivity contribution in [2.24, 2.45) is 7.05 Å². The van der Waals surface area contributed by atoms with Crippen LogP contribution in [0, 0.1) is 0 Å². The van der Waals surface area contributed by atoms with Gasteiger partial charge in [0.2, 0.25) is 0 Å². The normalized spacial score (nSPS) is 11.2. The van der Waals surface area contributed by atoms with E-state index >= 15 is 0 Å². The molecule has 0 aliphatic rings. The summed E-state index contributed by atoms with van der Waals surface area (Å²) in [6.45, 7) is 0. The number of benzene rings is 2. The van der Waals surface area contributed by atoms with Crippen molar-refractivity contribution in [2.75, 3.05) is 12.4 Å². The number of aryl methyl sites for hydroxylation is 1. The molecule has 0 saturated carbocycles. The molecule has 4 nitrogen and oxygen atoms in total. The molecule has 0 unspecified atom stereocenters. The van der Waals surface area contributed by atoms with Gasteiger partial charge in [0, 0.05) is 49.5 Å². The van der Waals surface area contributed by atoms with E-state index in [4.69, 9.17) is 0 Å². The molecule has 108 valence electrons. The average molecular weight is 288 g/mol. The van der Waals surface area contributed by atoms with E-state index in [1.165, 1.54) is 10.9 Å². The molecule has 0 spiro atoms. The lowest BCUT2D eigenvalue weighted by Gasteiger charge is -2.10. The van der Waals surface area contributed by atoms with Gasteiger partial charge in [0.25, 0.3) is 0 Å². The second kappa shape index (κ2) is 4.84. The molecule has 0 atom stereocenters.